The summed E-state index contributed by atoms with van der Waals surface area (Å²) in [6, 6.07) is 4.33. The Balaban J connectivity index is 1.41. The van der Waals surface area contributed by atoms with E-state index in [4.69, 9.17) is 11.6 Å². The van der Waals surface area contributed by atoms with Gasteiger partial charge in [0, 0.05) is 38.3 Å². The molecule has 1 aliphatic carbocycles. The average molecular weight is 375 g/mol. The zero-order valence-corrected chi connectivity index (χ0v) is 16.4. The van der Waals surface area contributed by atoms with Gasteiger partial charge < -0.3 is 14.2 Å². The highest BCUT2D eigenvalue weighted by atomic mass is 35.5. The van der Waals surface area contributed by atoms with Crippen molar-refractivity contribution in [2.45, 2.75) is 51.6 Å². The standard InChI is InChI=1S/C20H27ClN4O/c1-14-18(25-12-16(21)7-8-19(25)22-14)13-23(2)10-15-9-20(26)24(11-15)17-5-3-4-6-17/h7-8,12,15,17H,3-6,9-11,13H2,1-2H3/t15-/m0/s1. The zero-order valence-electron chi connectivity index (χ0n) is 15.6. The minimum Gasteiger partial charge on any atom is -0.339 e. The summed E-state index contributed by atoms with van der Waals surface area (Å²) < 4.78 is 2.08. The normalized spacial score (nSPS) is 21.6. The zero-order chi connectivity index (χ0) is 18.3. The van der Waals surface area contributed by atoms with E-state index in [0.717, 1.165) is 31.0 Å². The molecule has 26 heavy (non-hydrogen) atoms. The van der Waals surface area contributed by atoms with Crippen LogP contribution < -0.4 is 0 Å². The van der Waals surface area contributed by atoms with Gasteiger partial charge in [-0.3, -0.25) is 4.79 Å². The molecule has 0 unspecified atom stereocenters. The first-order valence-electron chi connectivity index (χ1n) is 9.62. The predicted molar refractivity (Wildman–Crippen MR) is 103 cm³/mol. The van der Waals surface area contributed by atoms with Crippen LogP contribution in [-0.2, 0) is 11.3 Å². The summed E-state index contributed by atoms with van der Waals surface area (Å²) >= 11 is 6.16. The van der Waals surface area contributed by atoms with E-state index in [2.05, 4.69) is 26.2 Å². The third-order valence-electron chi connectivity index (χ3n) is 5.88. The Morgan fingerprint density at radius 3 is 2.85 bits per heavy atom. The highest BCUT2D eigenvalue weighted by Crippen LogP contribution is 2.30. The van der Waals surface area contributed by atoms with Gasteiger partial charge in [-0.2, -0.15) is 0 Å². The predicted octanol–water partition coefficient (Wildman–Crippen LogP) is 3.52. The van der Waals surface area contributed by atoms with Crippen LogP contribution in [0.3, 0.4) is 0 Å². The van der Waals surface area contributed by atoms with Crippen molar-refractivity contribution in [3.8, 4) is 0 Å². The number of carbonyl (C=O) groups excluding carboxylic acids is 1. The van der Waals surface area contributed by atoms with Gasteiger partial charge in [0.05, 0.1) is 16.4 Å². The average Bonchev–Trinajstić information content (AvgIpc) is 3.29. The summed E-state index contributed by atoms with van der Waals surface area (Å²) in [4.78, 5) is 21.5. The lowest BCUT2D eigenvalue weighted by Crippen LogP contribution is -2.35. The minimum absolute atomic E-state index is 0.355. The van der Waals surface area contributed by atoms with Crippen molar-refractivity contribution in [3.05, 3.63) is 34.7 Å². The molecule has 1 aliphatic heterocycles. The smallest absolute Gasteiger partial charge is 0.223 e. The molecule has 1 atom stereocenters. The third kappa shape index (κ3) is 3.47. The van der Waals surface area contributed by atoms with Crippen molar-refractivity contribution >= 4 is 23.2 Å². The van der Waals surface area contributed by atoms with Gasteiger partial charge in [-0.05, 0) is 44.9 Å². The molecule has 5 nitrogen and oxygen atoms in total. The van der Waals surface area contributed by atoms with Crippen molar-refractivity contribution in [1.82, 2.24) is 19.2 Å². The van der Waals surface area contributed by atoms with E-state index in [1.807, 2.05) is 25.3 Å². The number of amides is 1. The molecule has 2 aromatic rings. The molecule has 2 aliphatic rings. The SMILES string of the molecule is Cc1nc2ccc(Cl)cn2c1CN(C)C[C@@H]1CC(=O)N(C2CCCC2)C1. The number of imidazole rings is 1. The Hall–Kier alpha value is -1.59. The second kappa shape index (κ2) is 7.20. The van der Waals surface area contributed by atoms with Gasteiger partial charge in [0.2, 0.25) is 5.91 Å². The van der Waals surface area contributed by atoms with Gasteiger partial charge in [0.25, 0.3) is 0 Å². The molecule has 6 heteroatoms. The van der Waals surface area contributed by atoms with Crippen LogP contribution in [0, 0.1) is 12.8 Å². The van der Waals surface area contributed by atoms with E-state index in [0.29, 0.717) is 29.3 Å². The molecule has 1 amide bonds. The number of hydrogen-bond acceptors (Lipinski definition) is 3. The van der Waals surface area contributed by atoms with E-state index >= 15 is 0 Å². The number of aromatic nitrogens is 2. The lowest BCUT2D eigenvalue weighted by atomic mass is 10.1. The van der Waals surface area contributed by atoms with Gasteiger partial charge >= 0.3 is 0 Å². The summed E-state index contributed by atoms with van der Waals surface area (Å²) in [6.07, 6.45) is 7.55. The molecule has 140 valence electrons. The molecule has 2 fully saturated rings. The maximum atomic E-state index is 12.4. The number of aryl methyl sites for hydroxylation is 1. The van der Waals surface area contributed by atoms with Crippen molar-refractivity contribution in [2.75, 3.05) is 20.1 Å². The number of carbonyl (C=O) groups is 1. The lowest BCUT2D eigenvalue weighted by Gasteiger charge is -2.25. The highest BCUT2D eigenvalue weighted by molar-refractivity contribution is 6.30. The second-order valence-corrected chi connectivity index (χ2v) is 8.41. The van der Waals surface area contributed by atoms with Crippen molar-refractivity contribution in [1.29, 1.82) is 0 Å². The number of halogens is 1. The first-order chi connectivity index (χ1) is 12.5. The second-order valence-electron chi connectivity index (χ2n) is 7.97. The van der Waals surface area contributed by atoms with Crippen LogP contribution >= 0.6 is 11.6 Å². The maximum Gasteiger partial charge on any atom is 0.223 e. The quantitative estimate of drug-likeness (QED) is 0.804. The van der Waals surface area contributed by atoms with Gasteiger partial charge in [-0.25, -0.2) is 4.98 Å². The molecule has 0 aromatic carbocycles. The Morgan fingerprint density at radius 1 is 1.31 bits per heavy atom. The largest absolute Gasteiger partial charge is 0.339 e. The Bertz CT molecular complexity index is 811. The first kappa shape index (κ1) is 17.8. The molecule has 1 saturated carbocycles. The lowest BCUT2D eigenvalue weighted by molar-refractivity contribution is -0.129. The number of nitrogens with zero attached hydrogens (tertiary/aromatic N) is 4. The topological polar surface area (TPSA) is 40.9 Å². The Kier molecular flexibility index (Phi) is 4.93. The summed E-state index contributed by atoms with van der Waals surface area (Å²) in [5, 5.41) is 0.715. The number of hydrogen-bond donors (Lipinski definition) is 0. The first-order valence-corrected chi connectivity index (χ1v) is 10.00. The highest BCUT2D eigenvalue weighted by Gasteiger charge is 2.35. The summed E-state index contributed by atoms with van der Waals surface area (Å²) in [7, 11) is 2.13. The van der Waals surface area contributed by atoms with Crippen LogP contribution in [0.1, 0.15) is 43.5 Å². The Morgan fingerprint density at radius 2 is 2.08 bits per heavy atom. The van der Waals surface area contributed by atoms with E-state index in [1.54, 1.807) is 0 Å². The van der Waals surface area contributed by atoms with Crippen molar-refractivity contribution in [2.24, 2.45) is 5.92 Å². The van der Waals surface area contributed by atoms with Gasteiger partial charge in [0.1, 0.15) is 5.65 Å². The summed E-state index contributed by atoms with van der Waals surface area (Å²) in [5.74, 6) is 0.782. The van der Waals surface area contributed by atoms with E-state index in [9.17, 15) is 4.79 Å². The fourth-order valence-corrected chi connectivity index (χ4v) is 4.80. The molecular formula is C20H27ClN4O. The van der Waals surface area contributed by atoms with Crippen LogP contribution in [0.2, 0.25) is 5.02 Å². The van der Waals surface area contributed by atoms with Crippen LogP contribution in [0.4, 0.5) is 0 Å². The number of fused-ring (bicyclic) bond motifs is 1. The number of rotatable bonds is 5. The van der Waals surface area contributed by atoms with Crippen molar-refractivity contribution < 1.29 is 4.79 Å². The molecule has 2 aromatic heterocycles. The fourth-order valence-electron chi connectivity index (χ4n) is 4.64. The van der Waals surface area contributed by atoms with E-state index in [-0.39, 0.29) is 0 Å². The monoisotopic (exact) mass is 374 g/mol. The maximum absolute atomic E-state index is 12.4. The molecule has 4 rings (SSSR count). The molecule has 0 bridgehead atoms. The summed E-state index contributed by atoms with van der Waals surface area (Å²) in [6.45, 7) is 4.71. The third-order valence-corrected chi connectivity index (χ3v) is 6.10. The van der Waals surface area contributed by atoms with Gasteiger partial charge in [-0.15, -0.1) is 0 Å². The molecule has 0 spiro atoms. The molecule has 1 saturated heterocycles. The fraction of sp³-hybridized carbons (Fsp3) is 0.600. The number of likely N-dealkylation sites (tertiary alicyclic amines) is 1. The van der Waals surface area contributed by atoms with Crippen LogP contribution in [0.5, 0.6) is 0 Å². The van der Waals surface area contributed by atoms with Crippen LogP contribution in [0.25, 0.3) is 5.65 Å². The van der Waals surface area contributed by atoms with Crippen molar-refractivity contribution in [3.63, 3.8) is 0 Å². The van der Waals surface area contributed by atoms with E-state index < -0.39 is 0 Å². The van der Waals surface area contributed by atoms with Crippen LogP contribution in [0.15, 0.2) is 18.3 Å². The molecule has 3 heterocycles. The molecule has 0 radical (unpaired) electrons. The summed E-state index contributed by atoms with van der Waals surface area (Å²) in [5.41, 5.74) is 3.13. The molecule has 0 N–H and O–H groups in total. The molecular weight excluding hydrogens is 348 g/mol. The van der Waals surface area contributed by atoms with Crippen LogP contribution in [-0.4, -0.2) is 51.3 Å². The number of pyridine rings is 1. The van der Waals surface area contributed by atoms with Gasteiger partial charge in [0.15, 0.2) is 0 Å². The van der Waals surface area contributed by atoms with E-state index in [1.165, 1.54) is 31.4 Å². The Labute approximate surface area is 159 Å². The minimum atomic E-state index is 0.355. The van der Waals surface area contributed by atoms with Gasteiger partial charge in [-0.1, -0.05) is 24.4 Å².